The fourth-order valence-electron chi connectivity index (χ4n) is 5.88. The Morgan fingerprint density at radius 2 is 1.88 bits per heavy atom. The van der Waals surface area contributed by atoms with Crippen molar-refractivity contribution in [1.82, 2.24) is 9.80 Å². The molecule has 150 valence electrons. The summed E-state index contributed by atoms with van der Waals surface area (Å²) >= 11 is 0. The molecular weight excluding hydrogens is 324 g/mol. The van der Waals surface area contributed by atoms with Crippen LogP contribution in [0, 0.1) is 29.1 Å². The Kier molecular flexibility index (Phi) is 6.03. The topological polar surface area (TPSA) is 43.8 Å². The van der Waals surface area contributed by atoms with Crippen molar-refractivity contribution in [2.24, 2.45) is 29.1 Å². The summed E-state index contributed by atoms with van der Waals surface area (Å²) in [7, 11) is 2.15. The number of aliphatic hydroxyl groups is 1. The average Bonchev–Trinajstić information content (AvgIpc) is 2.96. The summed E-state index contributed by atoms with van der Waals surface area (Å²) in [4.78, 5) is 18.0. The maximum atomic E-state index is 13.7. The van der Waals surface area contributed by atoms with E-state index in [1.54, 1.807) is 0 Å². The van der Waals surface area contributed by atoms with Crippen LogP contribution in [-0.4, -0.2) is 59.6 Å². The van der Waals surface area contributed by atoms with E-state index in [-0.39, 0.29) is 18.7 Å². The number of hydrogen-bond donors (Lipinski definition) is 1. The summed E-state index contributed by atoms with van der Waals surface area (Å²) in [6.45, 7) is 11.0. The Bertz CT molecular complexity index is 498. The quantitative estimate of drug-likeness (QED) is 0.753. The standard InChI is InChI=1S/C22H40N2O2/c1-15(2)11-12-23(5)20(16-9-7-6-8-10-16)21(26)24-13-17-19(18(24)14-25)22(17,3)4/h15-20,25H,6-14H2,1-5H3. The molecule has 1 heterocycles. The molecule has 3 fully saturated rings. The molecule has 0 bridgehead atoms. The molecule has 4 heteroatoms. The molecule has 2 saturated carbocycles. The summed E-state index contributed by atoms with van der Waals surface area (Å²) in [6.07, 6.45) is 7.32. The molecule has 4 atom stereocenters. The number of likely N-dealkylation sites (N-methyl/N-ethyl adjacent to an activating group) is 1. The third kappa shape index (κ3) is 3.69. The number of piperidine rings is 1. The van der Waals surface area contributed by atoms with Gasteiger partial charge in [-0.2, -0.15) is 0 Å². The number of hydrogen-bond acceptors (Lipinski definition) is 3. The fraction of sp³-hybridized carbons (Fsp3) is 0.955. The van der Waals surface area contributed by atoms with E-state index >= 15 is 0 Å². The van der Waals surface area contributed by atoms with Crippen LogP contribution in [0.15, 0.2) is 0 Å². The molecule has 0 aromatic rings. The molecule has 0 aromatic carbocycles. The van der Waals surface area contributed by atoms with E-state index < -0.39 is 0 Å². The number of likely N-dealkylation sites (tertiary alicyclic amines) is 1. The van der Waals surface area contributed by atoms with Gasteiger partial charge >= 0.3 is 0 Å². The number of aliphatic hydroxyl groups excluding tert-OH is 1. The molecule has 0 aromatic heterocycles. The SMILES string of the molecule is CC(C)CCN(C)C(C(=O)N1CC2C(C1CO)C2(C)C)C1CCCCC1. The molecule has 2 aliphatic carbocycles. The number of rotatable bonds is 7. The first-order valence-corrected chi connectivity index (χ1v) is 10.9. The van der Waals surface area contributed by atoms with Gasteiger partial charge in [-0.3, -0.25) is 9.69 Å². The largest absolute Gasteiger partial charge is 0.394 e. The summed E-state index contributed by atoms with van der Waals surface area (Å²) in [5, 5.41) is 10.0. The molecule has 1 N–H and O–H groups in total. The second kappa shape index (κ2) is 7.79. The van der Waals surface area contributed by atoms with Gasteiger partial charge in [-0.15, -0.1) is 0 Å². The van der Waals surface area contributed by atoms with Crippen LogP contribution in [0.5, 0.6) is 0 Å². The third-order valence-corrected chi connectivity index (χ3v) is 7.70. The van der Waals surface area contributed by atoms with Crippen molar-refractivity contribution >= 4 is 5.91 Å². The lowest BCUT2D eigenvalue weighted by Gasteiger charge is -2.40. The monoisotopic (exact) mass is 364 g/mol. The maximum absolute atomic E-state index is 13.7. The van der Waals surface area contributed by atoms with Crippen LogP contribution in [0.25, 0.3) is 0 Å². The molecule has 0 radical (unpaired) electrons. The van der Waals surface area contributed by atoms with Gasteiger partial charge in [0.15, 0.2) is 0 Å². The Balaban J connectivity index is 1.74. The maximum Gasteiger partial charge on any atom is 0.240 e. The molecule has 0 spiro atoms. The highest BCUT2D eigenvalue weighted by molar-refractivity contribution is 5.83. The zero-order valence-corrected chi connectivity index (χ0v) is 17.6. The number of fused-ring (bicyclic) bond motifs is 1. The first-order chi connectivity index (χ1) is 12.3. The zero-order chi connectivity index (χ0) is 19.1. The van der Waals surface area contributed by atoms with Gasteiger partial charge in [0.2, 0.25) is 5.91 Å². The van der Waals surface area contributed by atoms with Crippen molar-refractivity contribution < 1.29 is 9.90 Å². The van der Waals surface area contributed by atoms with Gasteiger partial charge in [0, 0.05) is 6.54 Å². The highest BCUT2D eigenvalue weighted by Crippen LogP contribution is 2.64. The number of carbonyl (C=O) groups is 1. The first-order valence-electron chi connectivity index (χ1n) is 10.9. The van der Waals surface area contributed by atoms with Crippen molar-refractivity contribution in [2.45, 2.75) is 78.3 Å². The van der Waals surface area contributed by atoms with Crippen LogP contribution in [0.2, 0.25) is 0 Å². The van der Waals surface area contributed by atoms with Crippen molar-refractivity contribution in [1.29, 1.82) is 0 Å². The summed E-state index contributed by atoms with van der Waals surface area (Å²) in [5.41, 5.74) is 0.300. The molecular formula is C22H40N2O2. The fourth-order valence-corrected chi connectivity index (χ4v) is 5.88. The highest BCUT2D eigenvalue weighted by Gasteiger charge is 2.67. The van der Waals surface area contributed by atoms with E-state index in [9.17, 15) is 9.90 Å². The number of carbonyl (C=O) groups excluding carboxylic acids is 1. The number of amides is 1. The Morgan fingerprint density at radius 3 is 2.46 bits per heavy atom. The van der Waals surface area contributed by atoms with Gasteiger partial charge in [-0.05, 0) is 61.9 Å². The lowest BCUT2D eigenvalue weighted by atomic mass is 9.82. The summed E-state index contributed by atoms with van der Waals surface area (Å²) < 4.78 is 0. The molecule has 3 aliphatic rings. The third-order valence-electron chi connectivity index (χ3n) is 7.70. The van der Waals surface area contributed by atoms with Gasteiger partial charge < -0.3 is 10.0 Å². The van der Waals surface area contributed by atoms with Gasteiger partial charge in [-0.25, -0.2) is 0 Å². The molecule has 4 nitrogen and oxygen atoms in total. The van der Waals surface area contributed by atoms with Crippen molar-refractivity contribution in [3.63, 3.8) is 0 Å². The summed E-state index contributed by atoms with van der Waals surface area (Å²) in [6, 6.07) is 0.0378. The average molecular weight is 365 g/mol. The van der Waals surface area contributed by atoms with E-state index in [2.05, 4.69) is 44.5 Å². The molecule has 4 unspecified atom stereocenters. The molecule has 26 heavy (non-hydrogen) atoms. The van der Waals surface area contributed by atoms with E-state index in [4.69, 9.17) is 0 Å². The highest BCUT2D eigenvalue weighted by atomic mass is 16.3. The van der Waals surface area contributed by atoms with Gasteiger partial charge in [0.05, 0.1) is 18.7 Å². The number of nitrogens with zero attached hydrogens (tertiary/aromatic N) is 2. The van der Waals surface area contributed by atoms with Crippen LogP contribution < -0.4 is 0 Å². The second-order valence-corrected chi connectivity index (χ2v) is 10.2. The lowest BCUT2D eigenvalue weighted by molar-refractivity contribution is -0.142. The minimum atomic E-state index is 0.00344. The van der Waals surface area contributed by atoms with Crippen molar-refractivity contribution in [2.75, 3.05) is 26.7 Å². The Labute approximate surface area is 160 Å². The van der Waals surface area contributed by atoms with E-state index in [0.29, 0.717) is 35.0 Å². The van der Waals surface area contributed by atoms with Crippen LogP contribution in [-0.2, 0) is 4.79 Å². The molecule has 1 saturated heterocycles. The normalized spacial score (nSPS) is 32.2. The van der Waals surface area contributed by atoms with E-state index in [1.165, 1.54) is 32.1 Å². The Hall–Kier alpha value is -0.610. The van der Waals surface area contributed by atoms with E-state index in [1.807, 2.05) is 0 Å². The minimum absolute atomic E-state index is 0.00344. The van der Waals surface area contributed by atoms with Crippen LogP contribution in [0.3, 0.4) is 0 Å². The van der Waals surface area contributed by atoms with Gasteiger partial charge in [0.25, 0.3) is 0 Å². The zero-order valence-electron chi connectivity index (χ0n) is 17.6. The van der Waals surface area contributed by atoms with Crippen LogP contribution >= 0.6 is 0 Å². The van der Waals surface area contributed by atoms with Crippen molar-refractivity contribution in [3.05, 3.63) is 0 Å². The second-order valence-electron chi connectivity index (χ2n) is 10.2. The molecule has 3 rings (SSSR count). The van der Waals surface area contributed by atoms with E-state index in [0.717, 1.165) is 19.5 Å². The van der Waals surface area contributed by atoms with Gasteiger partial charge in [0.1, 0.15) is 0 Å². The first kappa shape index (κ1) is 20.1. The van der Waals surface area contributed by atoms with Crippen LogP contribution in [0.1, 0.15) is 66.2 Å². The van der Waals surface area contributed by atoms with Crippen LogP contribution in [0.4, 0.5) is 0 Å². The smallest absolute Gasteiger partial charge is 0.240 e. The molecule has 1 aliphatic heterocycles. The van der Waals surface area contributed by atoms with Gasteiger partial charge in [-0.1, -0.05) is 47.0 Å². The predicted molar refractivity (Wildman–Crippen MR) is 106 cm³/mol. The Morgan fingerprint density at radius 1 is 1.23 bits per heavy atom. The minimum Gasteiger partial charge on any atom is -0.394 e. The summed E-state index contributed by atoms with van der Waals surface area (Å²) in [5.74, 6) is 2.51. The van der Waals surface area contributed by atoms with Crippen molar-refractivity contribution in [3.8, 4) is 0 Å². The lowest BCUT2D eigenvalue weighted by Crippen LogP contribution is -2.55. The molecule has 1 amide bonds. The predicted octanol–water partition coefficient (Wildman–Crippen LogP) is 3.39.